The summed E-state index contributed by atoms with van der Waals surface area (Å²) in [5.41, 5.74) is 4.77. The predicted molar refractivity (Wildman–Crippen MR) is 163 cm³/mol. The molecule has 1 heterocycles. The van der Waals surface area contributed by atoms with E-state index >= 15 is 0 Å². The quantitative estimate of drug-likeness (QED) is 0.205. The van der Waals surface area contributed by atoms with E-state index in [0.717, 1.165) is 48.9 Å². The Labute approximate surface area is 243 Å². The number of rotatable bonds is 7. The number of thioether (sulfide) groups is 1. The molecule has 1 fully saturated rings. The van der Waals surface area contributed by atoms with E-state index in [1.54, 1.807) is 30.9 Å². The maximum absolute atomic E-state index is 14.7. The Bertz CT molecular complexity index is 1660. The summed E-state index contributed by atoms with van der Waals surface area (Å²) in [5, 5.41) is 3.40. The molecule has 1 amide bonds. The van der Waals surface area contributed by atoms with E-state index < -0.39 is 0 Å². The van der Waals surface area contributed by atoms with Gasteiger partial charge in [-0.1, -0.05) is 73.5 Å². The topological polar surface area (TPSA) is 82.4 Å². The Morgan fingerprint density at radius 1 is 0.976 bits per heavy atom. The Kier molecular flexibility index (Phi) is 7.58. The molecule has 0 bridgehead atoms. The monoisotopic (exact) mass is 567 g/mol. The second kappa shape index (κ2) is 11.4. The van der Waals surface area contributed by atoms with Crippen LogP contribution in [0.4, 0.5) is 5.69 Å². The first-order chi connectivity index (χ1) is 20.0. The van der Waals surface area contributed by atoms with Gasteiger partial charge in [-0.25, -0.2) is 4.98 Å². The average molecular weight is 568 g/mol. The number of amides is 1. The Hall–Kier alpha value is -4.04. The van der Waals surface area contributed by atoms with Crippen LogP contribution in [0.25, 0.3) is 16.9 Å². The summed E-state index contributed by atoms with van der Waals surface area (Å²) in [7, 11) is 3.18. The minimum atomic E-state index is -0.239. The van der Waals surface area contributed by atoms with E-state index in [4.69, 9.17) is 14.5 Å². The molecule has 1 aromatic heterocycles. The predicted octanol–water partition coefficient (Wildman–Crippen LogP) is 6.41. The van der Waals surface area contributed by atoms with Gasteiger partial charge in [0.1, 0.15) is 11.5 Å². The molecule has 7 nitrogen and oxygen atoms in total. The number of hydrogen-bond donors (Lipinski definition) is 1. The van der Waals surface area contributed by atoms with Gasteiger partial charge in [-0.15, -0.1) is 0 Å². The fraction of sp³-hybridized carbons (Fsp3) is 0.303. The largest absolute Gasteiger partial charge is 0.497 e. The number of ether oxygens (including phenoxy) is 2. The number of nitrogens with one attached hydrogen (secondary N) is 1. The molecule has 0 radical (unpaired) electrons. The zero-order valence-electron chi connectivity index (χ0n) is 23.3. The molecule has 4 aromatic rings. The Balaban J connectivity index is 1.47. The van der Waals surface area contributed by atoms with Gasteiger partial charge in [0.15, 0.2) is 5.16 Å². The van der Waals surface area contributed by atoms with Crippen LogP contribution in [0.5, 0.6) is 11.5 Å². The van der Waals surface area contributed by atoms with Gasteiger partial charge in [0.05, 0.1) is 42.6 Å². The van der Waals surface area contributed by atoms with Crippen molar-refractivity contribution in [2.75, 3.05) is 25.3 Å². The number of benzene rings is 3. The summed E-state index contributed by atoms with van der Waals surface area (Å²) in [6, 6.07) is 23.0. The number of nitrogens with zero attached hydrogens (tertiary/aromatic N) is 2. The maximum atomic E-state index is 14.7. The highest BCUT2D eigenvalue weighted by atomic mass is 32.2. The minimum absolute atomic E-state index is 0.0627. The van der Waals surface area contributed by atoms with Gasteiger partial charge in [0.25, 0.3) is 5.56 Å². The summed E-state index contributed by atoms with van der Waals surface area (Å²) >= 11 is 1.25. The summed E-state index contributed by atoms with van der Waals surface area (Å²) < 4.78 is 12.5. The molecule has 1 saturated carbocycles. The summed E-state index contributed by atoms with van der Waals surface area (Å²) in [4.78, 5) is 33.0. The van der Waals surface area contributed by atoms with Crippen LogP contribution in [0.3, 0.4) is 0 Å². The smallest absolute Gasteiger partial charge is 0.263 e. The zero-order chi connectivity index (χ0) is 28.4. The molecule has 1 spiro atoms. The summed E-state index contributed by atoms with van der Waals surface area (Å²) in [6.45, 7) is 0. The van der Waals surface area contributed by atoms with Crippen molar-refractivity contribution >= 4 is 23.4 Å². The highest BCUT2D eigenvalue weighted by Crippen LogP contribution is 2.49. The fourth-order valence-electron chi connectivity index (χ4n) is 6.33. The highest BCUT2D eigenvalue weighted by molar-refractivity contribution is 7.99. The van der Waals surface area contributed by atoms with E-state index in [-0.39, 0.29) is 22.6 Å². The van der Waals surface area contributed by atoms with Crippen LogP contribution >= 0.6 is 11.8 Å². The number of hydrogen-bond acceptors (Lipinski definition) is 6. The van der Waals surface area contributed by atoms with Gasteiger partial charge in [-0.3, -0.25) is 14.2 Å². The number of anilines is 1. The van der Waals surface area contributed by atoms with Crippen LogP contribution in [0.15, 0.2) is 82.7 Å². The summed E-state index contributed by atoms with van der Waals surface area (Å²) in [5.74, 6) is 1.09. The second-order valence-electron chi connectivity index (χ2n) is 10.7. The third-order valence-corrected chi connectivity index (χ3v) is 9.16. The molecule has 0 aliphatic heterocycles. The lowest BCUT2D eigenvalue weighted by Crippen LogP contribution is -2.43. The van der Waals surface area contributed by atoms with Crippen molar-refractivity contribution in [3.05, 3.63) is 94.3 Å². The number of aromatic nitrogens is 2. The highest BCUT2D eigenvalue weighted by Gasteiger charge is 2.43. The number of methoxy groups -OCH3 is 2. The molecule has 2 aliphatic rings. The van der Waals surface area contributed by atoms with Crippen molar-refractivity contribution in [1.82, 2.24) is 9.55 Å². The molecule has 6 rings (SSSR count). The lowest BCUT2D eigenvalue weighted by molar-refractivity contribution is -0.113. The normalized spacial score (nSPS) is 15.1. The second-order valence-corrected chi connectivity index (χ2v) is 11.6. The van der Waals surface area contributed by atoms with E-state index in [0.29, 0.717) is 28.0 Å². The number of para-hydroxylation sites is 2. The van der Waals surface area contributed by atoms with Crippen molar-refractivity contribution in [2.24, 2.45) is 0 Å². The van der Waals surface area contributed by atoms with Gasteiger partial charge in [0.2, 0.25) is 5.91 Å². The van der Waals surface area contributed by atoms with Crippen molar-refractivity contribution in [3.63, 3.8) is 0 Å². The first kappa shape index (κ1) is 27.1. The Morgan fingerprint density at radius 2 is 1.76 bits per heavy atom. The van der Waals surface area contributed by atoms with Gasteiger partial charge in [0, 0.05) is 17.0 Å². The molecular formula is C33H33N3O4S. The summed E-state index contributed by atoms with van der Waals surface area (Å²) in [6.07, 6.45) is 6.17. The van der Waals surface area contributed by atoms with Crippen molar-refractivity contribution in [3.8, 4) is 28.4 Å². The average Bonchev–Trinajstić information content (AvgIpc) is 3.00. The van der Waals surface area contributed by atoms with Crippen molar-refractivity contribution in [1.29, 1.82) is 0 Å². The van der Waals surface area contributed by atoms with Crippen molar-refractivity contribution < 1.29 is 14.3 Å². The van der Waals surface area contributed by atoms with Crippen LogP contribution in [0.2, 0.25) is 0 Å². The minimum Gasteiger partial charge on any atom is -0.497 e. The standard InChI is InChI=1S/C33H33N3O4S/c1-39-24-13-10-12-23(19-24)36-31(38)29-30(25-14-5-4-11-22(25)20-33(29)17-8-3-9-18-33)35-32(36)41-21-28(37)34-26-15-6-7-16-27(26)40-2/h4-7,10-16,19H,3,8-9,17-18,20-21H2,1-2H3,(H,34,37). The molecular weight excluding hydrogens is 534 g/mol. The molecule has 0 saturated heterocycles. The number of carbonyl (C=O) groups is 1. The van der Waals surface area contributed by atoms with E-state index in [2.05, 4.69) is 23.5 Å². The van der Waals surface area contributed by atoms with E-state index in [9.17, 15) is 9.59 Å². The molecule has 1 N–H and O–H groups in total. The van der Waals surface area contributed by atoms with Crippen LogP contribution in [-0.4, -0.2) is 35.4 Å². The maximum Gasteiger partial charge on any atom is 0.263 e. The lowest BCUT2D eigenvalue weighted by Gasteiger charge is -2.42. The molecule has 0 unspecified atom stereocenters. The molecule has 0 atom stereocenters. The number of carbonyl (C=O) groups excluding carboxylic acids is 1. The molecule has 3 aromatic carbocycles. The van der Waals surface area contributed by atoms with Crippen LogP contribution in [0, 0.1) is 0 Å². The number of fused-ring (bicyclic) bond motifs is 4. The molecule has 2 aliphatic carbocycles. The lowest BCUT2D eigenvalue weighted by atomic mass is 9.62. The van der Waals surface area contributed by atoms with Gasteiger partial charge >= 0.3 is 0 Å². The van der Waals surface area contributed by atoms with E-state index in [1.165, 1.54) is 23.7 Å². The van der Waals surface area contributed by atoms with Gasteiger partial charge in [-0.05, 0) is 49.1 Å². The van der Waals surface area contributed by atoms with E-state index in [1.807, 2.05) is 42.5 Å². The van der Waals surface area contributed by atoms with Gasteiger partial charge in [-0.2, -0.15) is 0 Å². The van der Waals surface area contributed by atoms with Crippen LogP contribution in [-0.2, 0) is 16.6 Å². The SMILES string of the molecule is COc1cccc(-n2c(SCC(=O)Nc3ccccc3OC)nc3c(c2=O)C2(CCCCC2)Cc2ccccc2-3)c1. The molecule has 210 valence electrons. The molecule has 8 heteroatoms. The first-order valence-electron chi connectivity index (χ1n) is 14.0. The Morgan fingerprint density at radius 3 is 2.56 bits per heavy atom. The third kappa shape index (κ3) is 5.12. The van der Waals surface area contributed by atoms with Crippen LogP contribution in [0.1, 0.15) is 43.2 Å². The fourth-order valence-corrected chi connectivity index (χ4v) is 7.13. The van der Waals surface area contributed by atoms with Crippen molar-refractivity contribution in [2.45, 2.75) is 49.1 Å². The van der Waals surface area contributed by atoms with Gasteiger partial charge < -0.3 is 14.8 Å². The third-order valence-electron chi connectivity index (χ3n) is 8.22. The first-order valence-corrected chi connectivity index (χ1v) is 15.0. The van der Waals surface area contributed by atoms with Crippen LogP contribution < -0.4 is 20.3 Å². The zero-order valence-corrected chi connectivity index (χ0v) is 24.1. The molecule has 41 heavy (non-hydrogen) atoms.